The lowest BCUT2D eigenvalue weighted by Crippen LogP contribution is -2.10. The normalized spacial score (nSPS) is 12.1. The van der Waals surface area contributed by atoms with E-state index in [0.29, 0.717) is 0 Å². The van der Waals surface area contributed by atoms with Crippen LogP contribution in [0.2, 0.25) is 0 Å². The van der Waals surface area contributed by atoms with Gasteiger partial charge in [0.1, 0.15) is 0 Å². The Hall–Kier alpha value is -8.46. The van der Waals surface area contributed by atoms with Crippen molar-refractivity contribution in [1.82, 2.24) is 4.57 Å². The fourth-order valence-electron chi connectivity index (χ4n) is 10.1. The molecular weight excluding hydrogens is 797 g/mol. The Balaban J connectivity index is 1.00. The monoisotopic (exact) mass is 842 g/mol. The third-order valence-electron chi connectivity index (χ3n) is 13.2. The van der Waals surface area contributed by atoms with Gasteiger partial charge in [-0.2, -0.15) is 0 Å². The summed E-state index contributed by atoms with van der Waals surface area (Å²) in [7, 11) is 0. The minimum atomic E-state index is 0.998. The minimum Gasteiger partial charge on any atom is -0.313 e. The number of anilines is 3. The van der Waals surface area contributed by atoms with E-state index in [9.17, 15) is 0 Å². The number of hydrogen-bond acceptors (Lipinski definition) is 1. The largest absolute Gasteiger partial charge is 0.313 e. The summed E-state index contributed by atoms with van der Waals surface area (Å²) < 4.78 is 2.51. The Kier molecular flexibility index (Phi) is 10.0. The van der Waals surface area contributed by atoms with Crippen molar-refractivity contribution in [2.24, 2.45) is 0 Å². The summed E-state index contributed by atoms with van der Waals surface area (Å²) in [6, 6.07) is 88.4. The van der Waals surface area contributed by atoms with E-state index in [2.05, 4.69) is 264 Å². The molecule has 1 aromatic heterocycles. The number of benzene rings is 10. The van der Waals surface area contributed by atoms with Crippen LogP contribution >= 0.6 is 0 Å². The maximum absolute atomic E-state index is 2.51. The van der Waals surface area contributed by atoms with Crippen molar-refractivity contribution in [1.29, 1.82) is 0 Å². The van der Waals surface area contributed by atoms with Crippen molar-refractivity contribution in [3.63, 3.8) is 0 Å². The Morgan fingerprint density at radius 3 is 1.44 bits per heavy atom. The SMILES string of the molecule is C1=Cc2c(n(-c3ccccc3)c3cc4ccccc4c(-c4cccc(N(c5ccc(-c6cccc(-c7ccccc7)c6)cc5)c5ccc(-c6cccc(-c7ccccc7)c6)cc5)c4)c23)CC1. The van der Waals surface area contributed by atoms with Crippen molar-refractivity contribution >= 4 is 44.8 Å². The second kappa shape index (κ2) is 16.9. The van der Waals surface area contributed by atoms with E-state index in [4.69, 9.17) is 0 Å². The van der Waals surface area contributed by atoms with Crippen LogP contribution < -0.4 is 4.90 Å². The molecule has 0 N–H and O–H groups in total. The highest BCUT2D eigenvalue weighted by Gasteiger charge is 2.24. The third kappa shape index (κ3) is 7.19. The summed E-state index contributed by atoms with van der Waals surface area (Å²) in [4.78, 5) is 2.41. The Morgan fingerprint density at radius 1 is 0.364 bits per heavy atom. The molecule has 0 unspecified atom stereocenters. The molecule has 10 aromatic carbocycles. The molecule has 0 aliphatic heterocycles. The van der Waals surface area contributed by atoms with Gasteiger partial charge in [0.15, 0.2) is 0 Å². The number of rotatable bonds is 9. The van der Waals surface area contributed by atoms with Gasteiger partial charge in [-0.1, -0.05) is 188 Å². The molecule has 1 aliphatic rings. The Morgan fingerprint density at radius 2 is 0.848 bits per heavy atom. The average Bonchev–Trinajstić information content (AvgIpc) is 3.73. The van der Waals surface area contributed by atoms with Gasteiger partial charge in [0.05, 0.1) is 5.52 Å². The molecule has 2 nitrogen and oxygen atoms in total. The second-order valence-electron chi connectivity index (χ2n) is 17.2. The molecular formula is C64H46N2. The molecule has 0 bridgehead atoms. The van der Waals surface area contributed by atoms with Crippen molar-refractivity contribution in [2.45, 2.75) is 12.8 Å². The second-order valence-corrected chi connectivity index (χ2v) is 17.2. The van der Waals surface area contributed by atoms with Crippen LogP contribution in [0, 0.1) is 0 Å². The van der Waals surface area contributed by atoms with E-state index >= 15 is 0 Å². The summed E-state index contributed by atoms with van der Waals surface area (Å²) in [6.45, 7) is 0. The highest BCUT2D eigenvalue weighted by Crippen LogP contribution is 2.46. The van der Waals surface area contributed by atoms with Crippen LogP contribution in [0.4, 0.5) is 17.1 Å². The van der Waals surface area contributed by atoms with Gasteiger partial charge < -0.3 is 9.47 Å². The van der Waals surface area contributed by atoms with Crippen molar-refractivity contribution in [2.75, 3.05) is 4.90 Å². The summed E-state index contributed by atoms with van der Waals surface area (Å²) in [6.07, 6.45) is 6.74. The van der Waals surface area contributed by atoms with Gasteiger partial charge in [-0.3, -0.25) is 0 Å². The van der Waals surface area contributed by atoms with Crippen LogP contribution in [0.1, 0.15) is 17.7 Å². The lowest BCUT2D eigenvalue weighted by atomic mass is 9.91. The molecule has 11 aromatic rings. The van der Waals surface area contributed by atoms with E-state index in [-0.39, 0.29) is 0 Å². The predicted octanol–water partition coefficient (Wildman–Crippen LogP) is 17.5. The number of para-hydroxylation sites is 1. The van der Waals surface area contributed by atoms with Gasteiger partial charge in [0.2, 0.25) is 0 Å². The number of fused-ring (bicyclic) bond motifs is 4. The van der Waals surface area contributed by atoms with E-state index in [1.165, 1.54) is 94.3 Å². The van der Waals surface area contributed by atoms with Crippen LogP contribution in [0.25, 0.3) is 89.1 Å². The van der Waals surface area contributed by atoms with E-state index in [0.717, 1.165) is 29.9 Å². The molecule has 1 aliphatic carbocycles. The number of nitrogens with zero attached hydrogens (tertiary/aromatic N) is 2. The molecule has 66 heavy (non-hydrogen) atoms. The lowest BCUT2D eigenvalue weighted by molar-refractivity contribution is 0.889. The summed E-state index contributed by atoms with van der Waals surface area (Å²) in [5.41, 5.74) is 20.5. The predicted molar refractivity (Wildman–Crippen MR) is 280 cm³/mol. The van der Waals surface area contributed by atoms with Crippen LogP contribution in [-0.2, 0) is 6.42 Å². The summed E-state index contributed by atoms with van der Waals surface area (Å²) >= 11 is 0. The fraction of sp³-hybridized carbons (Fsp3) is 0.0312. The van der Waals surface area contributed by atoms with E-state index in [1.54, 1.807) is 0 Å². The van der Waals surface area contributed by atoms with Gasteiger partial charge in [-0.25, -0.2) is 0 Å². The van der Waals surface area contributed by atoms with Gasteiger partial charge in [0.25, 0.3) is 0 Å². The van der Waals surface area contributed by atoms with Crippen LogP contribution in [-0.4, -0.2) is 4.57 Å². The van der Waals surface area contributed by atoms with Crippen molar-refractivity contribution < 1.29 is 0 Å². The third-order valence-corrected chi connectivity index (χ3v) is 13.2. The highest BCUT2D eigenvalue weighted by molar-refractivity contribution is 6.16. The maximum atomic E-state index is 2.51. The zero-order valence-corrected chi connectivity index (χ0v) is 36.6. The first-order chi connectivity index (χ1) is 32.7. The minimum absolute atomic E-state index is 0.998. The average molecular weight is 843 g/mol. The van der Waals surface area contributed by atoms with Crippen LogP contribution in [0.15, 0.2) is 249 Å². The molecule has 0 fully saturated rings. The van der Waals surface area contributed by atoms with Crippen LogP contribution in [0.3, 0.4) is 0 Å². The molecule has 312 valence electrons. The van der Waals surface area contributed by atoms with Crippen molar-refractivity contribution in [3.8, 4) is 61.3 Å². The topological polar surface area (TPSA) is 8.17 Å². The number of hydrogen-bond donors (Lipinski definition) is 0. The zero-order valence-electron chi connectivity index (χ0n) is 36.6. The quantitative estimate of drug-likeness (QED) is 0.141. The molecule has 0 radical (unpaired) electrons. The van der Waals surface area contributed by atoms with Crippen LogP contribution in [0.5, 0.6) is 0 Å². The Labute approximate surface area is 386 Å². The first kappa shape index (κ1) is 39.2. The van der Waals surface area contributed by atoms with Gasteiger partial charge >= 0.3 is 0 Å². The summed E-state index contributed by atoms with van der Waals surface area (Å²) in [5.74, 6) is 0. The fourth-order valence-corrected chi connectivity index (χ4v) is 10.1. The zero-order chi connectivity index (χ0) is 43.8. The molecule has 1 heterocycles. The van der Waals surface area contributed by atoms with Gasteiger partial charge in [-0.05, 0) is 146 Å². The van der Waals surface area contributed by atoms with Gasteiger partial charge in [-0.15, -0.1) is 0 Å². The Bertz CT molecular complexity index is 3420. The lowest BCUT2D eigenvalue weighted by Gasteiger charge is -2.27. The molecule has 0 atom stereocenters. The maximum Gasteiger partial charge on any atom is 0.0550 e. The first-order valence-electron chi connectivity index (χ1n) is 23.0. The first-order valence-corrected chi connectivity index (χ1v) is 23.0. The standard InChI is InChI=1S/C64H46N2/c1-4-17-45(18-5-1)49-22-14-24-51(41-49)47-33-37-56(38-34-47)65(57-39-35-48(36-40-57)52-25-15-23-50(42-52)46-19-6-2-7-20-46)58-29-16-26-54(43-58)63-59-30-11-10-21-53(59)44-62-64(63)60-31-12-13-32-61(60)66(62)55-27-8-3-9-28-55/h1-12,14-31,33-44H,13,32H2. The van der Waals surface area contributed by atoms with Gasteiger partial charge in [0, 0.05) is 39.4 Å². The molecule has 2 heteroatoms. The molecule has 12 rings (SSSR count). The highest BCUT2D eigenvalue weighted by atomic mass is 15.1. The molecule has 0 saturated heterocycles. The number of allylic oxidation sites excluding steroid dienone is 1. The number of aromatic nitrogens is 1. The van der Waals surface area contributed by atoms with Crippen molar-refractivity contribution in [3.05, 3.63) is 260 Å². The molecule has 0 saturated carbocycles. The molecule has 0 amide bonds. The van der Waals surface area contributed by atoms with E-state index in [1.807, 2.05) is 0 Å². The van der Waals surface area contributed by atoms with E-state index < -0.39 is 0 Å². The molecule has 0 spiro atoms. The smallest absolute Gasteiger partial charge is 0.0550 e. The summed E-state index contributed by atoms with van der Waals surface area (Å²) in [5, 5.41) is 3.79.